The SMILES string of the molecule is CCCOc1cc(O)cc(Cl)c1OC. The maximum Gasteiger partial charge on any atom is 0.179 e. The van der Waals surface area contributed by atoms with E-state index in [1.165, 1.54) is 19.2 Å². The zero-order valence-corrected chi connectivity index (χ0v) is 8.97. The summed E-state index contributed by atoms with van der Waals surface area (Å²) in [4.78, 5) is 0. The Balaban J connectivity index is 2.99. The van der Waals surface area contributed by atoms with Crippen LogP contribution in [-0.2, 0) is 0 Å². The molecule has 0 spiro atoms. The van der Waals surface area contributed by atoms with Crippen molar-refractivity contribution in [2.45, 2.75) is 13.3 Å². The quantitative estimate of drug-likeness (QED) is 0.841. The summed E-state index contributed by atoms with van der Waals surface area (Å²) in [5.74, 6) is 0.999. The van der Waals surface area contributed by atoms with E-state index in [1.54, 1.807) is 0 Å². The third-order valence-electron chi connectivity index (χ3n) is 1.66. The number of phenols is 1. The van der Waals surface area contributed by atoms with Gasteiger partial charge in [-0.3, -0.25) is 0 Å². The van der Waals surface area contributed by atoms with Crippen LogP contribution in [0.2, 0.25) is 5.02 Å². The molecule has 0 unspecified atom stereocenters. The molecular formula is C10H13ClO3. The summed E-state index contributed by atoms with van der Waals surface area (Å²) >= 11 is 5.85. The molecule has 4 heteroatoms. The molecule has 78 valence electrons. The lowest BCUT2D eigenvalue weighted by molar-refractivity contribution is 0.292. The fourth-order valence-electron chi connectivity index (χ4n) is 1.07. The second-order valence-electron chi connectivity index (χ2n) is 2.81. The van der Waals surface area contributed by atoms with Crippen molar-refractivity contribution in [3.05, 3.63) is 17.2 Å². The number of ether oxygens (including phenoxy) is 2. The van der Waals surface area contributed by atoms with Crippen LogP contribution < -0.4 is 9.47 Å². The lowest BCUT2D eigenvalue weighted by Gasteiger charge is -2.11. The minimum atomic E-state index is 0.0712. The van der Waals surface area contributed by atoms with Gasteiger partial charge in [0.25, 0.3) is 0 Å². The van der Waals surface area contributed by atoms with Crippen molar-refractivity contribution in [3.63, 3.8) is 0 Å². The molecule has 0 radical (unpaired) electrons. The van der Waals surface area contributed by atoms with Gasteiger partial charge in [0.1, 0.15) is 5.75 Å². The van der Waals surface area contributed by atoms with Gasteiger partial charge in [-0.05, 0) is 6.42 Å². The smallest absolute Gasteiger partial charge is 0.179 e. The number of hydrogen-bond donors (Lipinski definition) is 1. The van der Waals surface area contributed by atoms with Crippen LogP contribution in [0.5, 0.6) is 17.2 Å². The molecule has 14 heavy (non-hydrogen) atoms. The van der Waals surface area contributed by atoms with E-state index in [2.05, 4.69) is 0 Å². The van der Waals surface area contributed by atoms with Crippen LogP contribution >= 0.6 is 11.6 Å². The van der Waals surface area contributed by atoms with E-state index in [0.717, 1.165) is 6.42 Å². The summed E-state index contributed by atoms with van der Waals surface area (Å²) in [5.41, 5.74) is 0. The Morgan fingerprint density at radius 2 is 2.14 bits per heavy atom. The minimum absolute atomic E-state index is 0.0712. The highest BCUT2D eigenvalue weighted by atomic mass is 35.5. The molecule has 0 amide bonds. The molecule has 0 atom stereocenters. The monoisotopic (exact) mass is 216 g/mol. The molecule has 0 aliphatic rings. The predicted molar refractivity (Wildman–Crippen MR) is 55.5 cm³/mol. The summed E-state index contributed by atoms with van der Waals surface area (Å²) < 4.78 is 10.4. The summed E-state index contributed by atoms with van der Waals surface area (Å²) in [6.45, 7) is 2.56. The lowest BCUT2D eigenvalue weighted by atomic mass is 10.3. The van der Waals surface area contributed by atoms with E-state index >= 15 is 0 Å². The Bertz CT molecular complexity index is 312. The first-order valence-corrected chi connectivity index (χ1v) is 4.76. The number of rotatable bonds is 4. The predicted octanol–water partition coefficient (Wildman–Crippen LogP) is 2.84. The Labute approximate surface area is 88.2 Å². The summed E-state index contributed by atoms with van der Waals surface area (Å²) in [6, 6.07) is 2.90. The first-order chi connectivity index (χ1) is 6.69. The number of benzene rings is 1. The molecule has 1 rings (SSSR count). The average molecular weight is 217 g/mol. The van der Waals surface area contributed by atoms with E-state index in [1.807, 2.05) is 6.92 Å². The van der Waals surface area contributed by atoms with Gasteiger partial charge in [-0.15, -0.1) is 0 Å². The second kappa shape index (κ2) is 4.96. The van der Waals surface area contributed by atoms with Gasteiger partial charge in [-0.2, -0.15) is 0 Å². The highest BCUT2D eigenvalue weighted by Crippen LogP contribution is 2.38. The van der Waals surface area contributed by atoms with Crippen molar-refractivity contribution in [2.75, 3.05) is 13.7 Å². The highest BCUT2D eigenvalue weighted by Gasteiger charge is 2.10. The van der Waals surface area contributed by atoms with Crippen LogP contribution in [0, 0.1) is 0 Å². The standard InChI is InChI=1S/C10H13ClO3/c1-3-4-14-9-6-7(12)5-8(11)10(9)13-2/h5-6,12H,3-4H2,1-2H3. The van der Waals surface area contributed by atoms with Gasteiger partial charge < -0.3 is 14.6 Å². The van der Waals surface area contributed by atoms with Crippen LogP contribution in [0.25, 0.3) is 0 Å². The minimum Gasteiger partial charge on any atom is -0.508 e. The van der Waals surface area contributed by atoms with Gasteiger partial charge in [0.05, 0.1) is 18.7 Å². The molecule has 3 nitrogen and oxygen atoms in total. The first kappa shape index (κ1) is 11.0. The van der Waals surface area contributed by atoms with Crippen molar-refractivity contribution >= 4 is 11.6 Å². The van der Waals surface area contributed by atoms with Crippen molar-refractivity contribution in [1.82, 2.24) is 0 Å². The molecule has 0 aromatic heterocycles. The molecular weight excluding hydrogens is 204 g/mol. The third-order valence-corrected chi connectivity index (χ3v) is 1.94. The molecule has 1 N–H and O–H groups in total. The number of halogens is 1. The van der Waals surface area contributed by atoms with Crippen molar-refractivity contribution in [2.24, 2.45) is 0 Å². The van der Waals surface area contributed by atoms with Gasteiger partial charge >= 0.3 is 0 Å². The van der Waals surface area contributed by atoms with E-state index < -0.39 is 0 Å². The van der Waals surface area contributed by atoms with Gasteiger partial charge in [0.2, 0.25) is 0 Å². The third kappa shape index (κ3) is 2.45. The maximum absolute atomic E-state index is 9.29. The Morgan fingerprint density at radius 1 is 1.43 bits per heavy atom. The number of phenolic OH excluding ortho intramolecular Hbond substituents is 1. The second-order valence-corrected chi connectivity index (χ2v) is 3.21. The van der Waals surface area contributed by atoms with Gasteiger partial charge in [-0.25, -0.2) is 0 Å². The van der Waals surface area contributed by atoms with Crippen LogP contribution in [0.15, 0.2) is 12.1 Å². The van der Waals surface area contributed by atoms with Crippen LogP contribution in [0.4, 0.5) is 0 Å². The average Bonchev–Trinajstić information content (AvgIpc) is 2.14. The number of methoxy groups -OCH3 is 1. The van der Waals surface area contributed by atoms with Crippen LogP contribution in [0.1, 0.15) is 13.3 Å². The maximum atomic E-state index is 9.29. The van der Waals surface area contributed by atoms with E-state index in [-0.39, 0.29) is 5.75 Å². The van der Waals surface area contributed by atoms with Gasteiger partial charge in [0.15, 0.2) is 11.5 Å². The zero-order chi connectivity index (χ0) is 10.6. The number of aromatic hydroxyl groups is 1. The number of hydrogen-bond acceptors (Lipinski definition) is 3. The molecule has 0 fully saturated rings. The zero-order valence-electron chi connectivity index (χ0n) is 8.21. The van der Waals surface area contributed by atoms with Gasteiger partial charge in [-0.1, -0.05) is 18.5 Å². The van der Waals surface area contributed by atoms with Crippen molar-refractivity contribution in [1.29, 1.82) is 0 Å². The Morgan fingerprint density at radius 3 is 2.71 bits per heavy atom. The fourth-order valence-corrected chi connectivity index (χ4v) is 1.35. The normalized spacial score (nSPS) is 9.93. The summed E-state index contributed by atoms with van der Waals surface area (Å²) in [7, 11) is 1.51. The summed E-state index contributed by atoms with van der Waals surface area (Å²) in [5, 5.41) is 9.64. The first-order valence-electron chi connectivity index (χ1n) is 4.38. The molecule has 1 aromatic carbocycles. The fraction of sp³-hybridized carbons (Fsp3) is 0.400. The van der Waals surface area contributed by atoms with E-state index in [4.69, 9.17) is 21.1 Å². The molecule has 1 aromatic rings. The van der Waals surface area contributed by atoms with Crippen molar-refractivity contribution < 1.29 is 14.6 Å². The molecule has 0 aliphatic carbocycles. The Kier molecular flexibility index (Phi) is 3.89. The van der Waals surface area contributed by atoms with Crippen LogP contribution in [-0.4, -0.2) is 18.8 Å². The summed E-state index contributed by atoms with van der Waals surface area (Å²) in [6.07, 6.45) is 0.885. The molecule has 0 heterocycles. The van der Waals surface area contributed by atoms with Crippen LogP contribution in [0.3, 0.4) is 0 Å². The molecule has 0 aliphatic heterocycles. The van der Waals surface area contributed by atoms with Crippen molar-refractivity contribution in [3.8, 4) is 17.2 Å². The molecule has 0 saturated carbocycles. The molecule has 0 bridgehead atoms. The lowest BCUT2D eigenvalue weighted by Crippen LogP contribution is -1.98. The molecule has 0 saturated heterocycles. The topological polar surface area (TPSA) is 38.7 Å². The van der Waals surface area contributed by atoms with E-state index in [0.29, 0.717) is 23.1 Å². The Hall–Kier alpha value is -1.09. The van der Waals surface area contributed by atoms with E-state index in [9.17, 15) is 5.11 Å². The van der Waals surface area contributed by atoms with Gasteiger partial charge in [0, 0.05) is 12.1 Å². The largest absolute Gasteiger partial charge is 0.508 e. The highest BCUT2D eigenvalue weighted by molar-refractivity contribution is 6.32.